The van der Waals surface area contributed by atoms with Crippen molar-refractivity contribution in [1.29, 1.82) is 0 Å². The first-order valence-corrected chi connectivity index (χ1v) is 10.00. The van der Waals surface area contributed by atoms with Crippen molar-refractivity contribution in [3.05, 3.63) is 59.7 Å². The van der Waals surface area contributed by atoms with Gasteiger partial charge in [0.15, 0.2) is 5.82 Å². The lowest BCUT2D eigenvalue weighted by atomic mass is 10.1. The Morgan fingerprint density at radius 1 is 1.18 bits per heavy atom. The first-order valence-electron chi connectivity index (χ1n) is 9.12. The molecule has 7 heteroatoms. The SMILES string of the molecule is COc1ccc(CCNC(=O)[C@H](C)Sc2n[nH]c(-c3ccc(C)cc3)n2)cc1. The highest BCUT2D eigenvalue weighted by Gasteiger charge is 2.17. The summed E-state index contributed by atoms with van der Waals surface area (Å²) in [4.78, 5) is 16.8. The molecule has 1 amide bonds. The molecule has 0 spiro atoms. The molecule has 3 rings (SSSR count). The van der Waals surface area contributed by atoms with Gasteiger partial charge in [0.1, 0.15) is 5.75 Å². The maximum absolute atomic E-state index is 12.3. The molecule has 0 aliphatic heterocycles. The van der Waals surface area contributed by atoms with Crippen molar-refractivity contribution in [2.24, 2.45) is 0 Å². The van der Waals surface area contributed by atoms with Gasteiger partial charge in [0, 0.05) is 12.1 Å². The zero-order valence-electron chi connectivity index (χ0n) is 16.2. The van der Waals surface area contributed by atoms with Gasteiger partial charge in [-0.3, -0.25) is 9.89 Å². The van der Waals surface area contributed by atoms with Crippen molar-refractivity contribution < 1.29 is 9.53 Å². The summed E-state index contributed by atoms with van der Waals surface area (Å²) in [6.07, 6.45) is 0.769. The van der Waals surface area contributed by atoms with E-state index in [4.69, 9.17) is 4.74 Å². The number of amides is 1. The minimum atomic E-state index is -0.280. The summed E-state index contributed by atoms with van der Waals surface area (Å²) in [5, 5.41) is 10.4. The minimum Gasteiger partial charge on any atom is -0.497 e. The number of rotatable bonds is 8. The van der Waals surface area contributed by atoms with Crippen molar-refractivity contribution in [3.8, 4) is 17.1 Å². The summed E-state index contributed by atoms with van der Waals surface area (Å²) < 4.78 is 5.15. The molecule has 0 saturated carbocycles. The predicted octanol–water partition coefficient (Wildman–Crippen LogP) is 3.63. The van der Waals surface area contributed by atoms with E-state index >= 15 is 0 Å². The third-order valence-electron chi connectivity index (χ3n) is 4.31. The molecule has 0 unspecified atom stereocenters. The lowest BCUT2D eigenvalue weighted by Gasteiger charge is -2.10. The van der Waals surface area contributed by atoms with Gasteiger partial charge in [-0.2, -0.15) is 0 Å². The standard InChI is InChI=1S/C21H24N4O2S/c1-14-4-8-17(9-5-14)19-23-21(25-24-19)28-15(2)20(26)22-13-12-16-6-10-18(27-3)11-7-16/h4-11,15H,12-13H2,1-3H3,(H,22,26)(H,23,24,25)/t15-/m0/s1. The van der Waals surface area contributed by atoms with Crippen molar-refractivity contribution in [3.63, 3.8) is 0 Å². The van der Waals surface area contributed by atoms with Crippen LogP contribution in [0.3, 0.4) is 0 Å². The fraction of sp³-hybridized carbons (Fsp3) is 0.286. The number of carbonyl (C=O) groups is 1. The minimum absolute atomic E-state index is 0.0276. The molecule has 0 radical (unpaired) electrons. The topological polar surface area (TPSA) is 79.9 Å². The molecule has 1 heterocycles. The Morgan fingerprint density at radius 3 is 2.57 bits per heavy atom. The number of carbonyl (C=O) groups excluding carboxylic acids is 1. The number of H-pyrrole nitrogens is 1. The van der Waals surface area contributed by atoms with E-state index in [1.165, 1.54) is 17.3 Å². The Kier molecular flexibility index (Phi) is 6.71. The van der Waals surface area contributed by atoms with Crippen LogP contribution in [0.25, 0.3) is 11.4 Å². The molecule has 3 aromatic rings. The fourth-order valence-corrected chi connectivity index (χ4v) is 3.37. The number of nitrogens with one attached hydrogen (secondary N) is 2. The van der Waals surface area contributed by atoms with E-state index in [-0.39, 0.29) is 11.2 Å². The van der Waals surface area contributed by atoms with Gasteiger partial charge in [0.25, 0.3) is 0 Å². The van der Waals surface area contributed by atoms with Gasteiger partial charge in [-0.15, -0.1) is 5.10 Å². The first kappa shape index (κ1) is 19.9. The highest BCUT2D eigenvalue weighted by Crippen LogP contribution is 2.23. The van der Waals surface area contributed by atoms with Gasteiger partial charge < -0.3 is 10.1 Å². The van der Waals surface area contributed by atoms with Crippen LogP contribution in [-0.2, 0) is 11.2 Å². The van der Waals surface area contributed by atoms with E-state index in [0.717, 1.165) is 23.3 Å². The average molecular weight is 397 g/mol. The smallest absolute Gasteiger partial charge is 0.233 e. The molecule has 2 N–H and O–H groups in total. The number of nitrogens with zero attached hydrogens (tertiary/aromatic N) is 2. The lowest BCUT2D eigenvalue weighted by Crippen LogP contribution is -2.32. The number of methoxy groups -OCH3 is 1. The Labute approximate surface area is 169 Å². The second-order valence-electron chi connectivity index (χ2n) is 6.48. The van der Waals surface area contributed by atoms with E-state index in [1.54, 1.807) is 7.11 Å². The maximum Gasteiger partial charge on any atom is 0.233 e. The van der Waals surface area contributed by atoms with Crippen molar-refractivity contribution >= 4 is 17.7 Å². The summed E-state index contributed by atoms with van der Waals surface area (Å²) >= 11 is 1.34. The largest absolute Gasteiger partial charge is 0.497 e. The number of benzene rings is 2. The summed E-state index contributed by atoms with van der Waals surface area (Å²) in [5.41, 5.74) is 3.32. The molecule has 28 heavy (non-hydrogen) atoms. The zero-order chi connectivity index (χ0) is 19.9. The average Bonchev–Trinajstić information content (AvgIpc) is 3.17. The number of hydrogen-bond acceptors (Lipinski definition) is 5. The van der Waals surface area contributed by atoms with E-state index in [0.29, 0.717) is 17.5 Å². The third-order valence-corrected chi connectivity index (χ3v) is 5.27. The molecule has 0 fully saturated rings. The van der Waals surface area contributed by atoms with Crippen LogP contribution in [0.2, 0.25) is 0 Å². The van der Waals surface area contributed by atoms with Crippen LogP contribution in [-0.4, -0.2) is 40.0 Å². The highest BCUT2D eigenvalue weighted by atomic mass is 32.2. The molecular formula is C21H24N4O2S. The summed E-state index contributed by atoms with van der Waals surface area (Å²) in [7, 11) is 1.65. The highest BCUT2D eigenvalue weighted by molar-refractivity contribution is 8.00. The Balaban J connectivity index is 1.48. The molecule has 0 bridgehead atoms. The van der Waals surface area contributed by atoms with Crippen LogP contribution < -0.4 is 10.1 Å². The normalized spacial score (nSPS) is 11.8. The van der Waals surface area contributed by atoms with E-state index in [9.17, 15) is 4.79 Å². The molecule has 0 aliphatic carbocycles. The van der Waals surface area contributed by atoms with Gasteiger partial charge in [0.2, 0.25) is 11.1 Å². The molecule has 0 saturated heterocycles. The van der Waals surface area contributed by atoms with Crippen molar-refractivity contribution in [2.45, 2.75) is 30.7 Å². The summed E-state index contributed by atoms with van der Waals surface area (Å²) in [5.74, 6) is 1.50. The maximum atomic E-state index is 12.3. The van der Waals surface area contributed by atoms with Crippen LogP contribution in [0.15, 0.2) is 53.7 Å². The van der Waals surface area contributed by atoms with Gasteiger partial charge in [-0.1, -0.05) is 53.7 Å². The zero-order valence-corrected chi connectivity index (χ0v) is 17.0. The number of ether oxygens (including phenoxy) is 1. The summed E-state index contributed by atoms with van der Waals surface area (Å²) in [6, 6.07) is 15.9. The predicted molar refractivity (Wildman–Crippen MR) is 112 cm³/mol. The molecule has 1 atom stereocenters. The van der Waals surface area contributed by atoms with Crippen LogP contribution in [0.5, 0.6) is 5.75 Å². The quantitative estimate of drug-likeness (QED) is 0.569. The monoisotopic (exact) mass is 396 g/mol. The third kappa shape index (κ3) is 5.36. The molecular weight excluding hydrogens is 372 g/mol. The Morgan fingerprint density at radius 2 is 1.89 bits per heavy atom. The second-order valence-corrected chi connectivity index (χ2v) is 7.79. The van der Waals surface area contributed by atoms with Crippen LogP contribution in [0, 0.1) is 6.92 Å². The second kappa shape index (κ2) is 9.41. The van der Waals surface area contributed by atoms with Gasteiger partial charge in [-0.25, -0.2) is 4.98 Å². The van der Waals surface area contributed by atoms with Gasteiger partial charge in [-0.05, 0) is 38.0 Å². The van der Waals surface area contributed by atoms with Crippen molar-refractivity contribution in [1.82, 2.24) is 20.5 Å². The van der Waals surface area contributed by atoms with Crippen LogP contribution >= 0.6 is 11.8 Å². The number of aryl methyl sites for hydroxylation is 1. The Bertz CT molecular complexity index is 907. The summed E-state index contributed by atoms with van der Waals surface area (Å²) in [6.45, 7) is 4.48. The first-order chi connectivity index (χ1) is 13.5. The molecule has 1 aromatic heterocycles. The van der Waals surface area contributed by atoms with Crippen molar-refractivity contribution in [2.75, 3.05) is 13.7 Å². The van der Waals surface area contributed by atoms with Gasteiger partial charge in [0.05, 0.1) is 12.4 Å². The fourth-order valence-electron chi connectivity index (χ4n) is 2.62. The van der Waals surface area contributed by atoms with Gasteiger partial charge >= 0.3 is 0 Å². The molecule has 0 aliphatic rings. The molecule has 6 nitrogen and oxygen atoms in total. The van der Waals surface area contributed by atoms with Crippen LogP contribution in [0.4, 0.5) is 0 Å². The van der Waals surface area contributed by atoms with E-state index in [1.807, 2.05) is 62.4 Å². The number of hydrogen-bond donors (Lipinski definition) is 2. The number of aromatic nitrogens is 3. The van der Waals surface area contributed by atoms with E-state index < -0.39 is 0 Å². The Hall–Kier alpha value is -2.80. The lowest BCUT2D eigenvalue weighted by molar-refractivity contribution is -0.120. The van der Waals surface area contributed by atoms with E-state index in [2.05, 4.69) is 20.5 Å². The molecule has 146 valence electrons. The molecule has 2 aromatic carbocycles. The number of thioether (sulfide) groups is 1. The van der Waals surface area contributed by atoms with Crippen LogP contribution in [0.1, 0.15) is 18.1 Å². The number of aromatic amines is 1.